The maximum Gasteiger partial charge on any atom is 0.283 e. The summed E-state index contributed by atoms with van der Waals surface area (Å²) in [6.07, 6.45) is 5.85. The van der Waals surface area contributed by atoms with Crippen LogP contribution in [0.3, 0.4) is 0 Å². The summed E-state index contributed by atoms with van der Waals surface area (Å²) in [5, 5.41) is 69.0. The number of nitriles is 3. The lowest BCUT2D eigenvalue weighted by Crippen LogP contribution is -1.74. The van der Waals surface area contributed by atoms with Crippen LogP contribution in [0.15, 0.2) is 42.5 Å². The second kappa shape index (κ2) is 15.3. The minimum atomic E-state index is 0.0235. The fraction of sp³-hybridized carbons (Fsp3) is 0. The molecule has 0 saturated carbocycles. The summed E-state index contributed by atoms with van der Waals surface area (Å²) in [5.74, 6) is 0.267. The Morgan fingerprint density at radius 3 is 1.31 bits per heavy atom. The van der Waals surface area contributed by atoms with Crippen molar-refractivity contribution in [2.24, 2.45) is 0 Å². The molecular weight excluding hydrogens is 342 g/mol. The third kappa shape index (κ3) is 13.1. The van der Waals surface area contributed by atoms with Gasteiger partial charge in [-0.3, -0.25) is 0 Å². The van der Waals surface area contributed by atoms with Crippen molar-refractivity contribution in [1.82, 2.24) is 0 Å². The predicted octanol–water partition coefficient (Wildman–Crippen LogP) is 2.49. The van der Waals surface area contributed by atoms with Crippen molar-refractivity contribution < 1.29 is 30.6 Å². The Morgan fingerprint density at radius 2 is 0.923 bits per heavy atom. The van der Waals surface area contributed by atoms with E-state index in [1.54, 1.807) is 42.5 Å². The van der Waals surface area contributed by atoms with Crippen molar-refractivity contribution >= 4 is 12.2 Å². The fourth-order valence-electron chi connectivity index (χ4n) is 1.49. The van der Waals surface area contributed by atoms with Gasteiger partial charge < -0.3 is 30.6 Å². The molecule has 0 heterocycles. The van der Waals surface area contributed by atoms with E-state index < -0.39 is 0 Å². The summed E-state index contributed by atoms with van der Waals surface area (Å²) in [6, 6.07) is 11.1. The third-order valence-corrected chi connectivity index (χ3v) is 2.29. The van der Waals surface area contributed by atoms with Gasteiger partial charge in [-0.05, 0) is 35.4 Å². The number of nitrogens with zero attached hydrogens (tertiary/aromatic N) is 3. The van der Waals surface area contributed by atoms with Gasteiger partial charge in [-0.15, -0.1) is 0 Å². The van der Waals surface area contributed by atoms with Crippen LogP contribution in [0.2, 0.25) is 0 Å². The van der Waals surface area contributed by atoms with Gasteiger partial charge in [0, 0.05) is 6.07 Å². The minimum Gasteiger partial charge on any atom is -0.508 e. The van der Waals surface area contributed by atoms with Crippen LogP contribution < -0.4 is 0 Å². The Bertz CT molecular complexity index is 750. The monoisotopic (exact) mass is 357 g/mol. The van der Waals surface area contributed by atoms with Gasteiger partial charge in [0.2, 0.25) is 0 Å². The lowest BCUT2D eigenvalue weighted by Gasteiger charge is -1.98. The molecule has 26 heavy (non-hydrogen) atoms. The van der Waals surface area contributed by atoms with Crippen molar-refractivity contribution in [3.8, 4) is 36.0 Å². The average Bonchev–Trinajstić information content (AvgIpc) is 2.56. The van der Waals surface area contributed by atoms with Crippen LogP contribution >= 0.6 is 0 Å². The molecule has 9 nitrogen and oxygen atoms in total. The molecule has 0 aliphatic rings. The normalized spacial score (nSPS) is 7.88. The Morgan fingerprint density at radius 1 is 0.577 bits per heavy atom. The molecule has 0 radical (unpaired) electrons. The first-order valence-corrected chi connectivity index (χ1v) is 6.48. The second-order valence-electron chi connectivity index (χ2n) is 4.01. The highest BCUT2D eigenvalue weighted by Gasteiger charge is 1.95. The van der Waals surface area contributed by atoms with Crippen LogP contribution in [0.5, 0.6) is 17.2 Å². The zero-order valence-electron chi connectivity index (χ0n) is 13.2. The number of aliphatic hydroxyl groups is 3. The molecule has 0 spiro atoms. The van der Waals surface area contributed by atoms with Gasteiger partial charge in [0.25, 0.3) is 18.8 Å². The number of benzene rings is 2. The van der Waals surface area contributed by atoms with Gasteiger partial charge in [0.1, 0.15) is 17.2 Å². The number of phenols is 3. The summed E-state index contributed by atoms with van der Waals surface area (Å²) in [6.45, 7) is 0. The summed E-state index contributed by atoms with van der Waals surface area (Å²) in [7, 11) is 0. The third-order valence-electron chi connectivity index (χ3n) is 2.29. The Kier molecular flexibility index (Phi) is 14.0. The first-order chi connectivity index (χ1) is 12.4. The van der Waals surface area contributed by atoms with Crippen LogP contribution in [0, 0.1) is 34.6 Å². The van der Waals surface area contributed by atoms with Crippen molar-refractivity contribution in [1.29, 1.82) is 15.8 Å². The molecule has 2 aromatic carbocycles. The van der Waals surface area contributed by atoms with Gasteiger partial charge in [-0.2, -0.15) is 15.8 Å². The highest BCUT2D eigenvalue weighted by molar-refractivity contribution is 5.71. The van der Waals surface area contributed by atoms with Crippen LogP contribution in [-0.2, 0) is 0 Å². The van der Waals surface area contributed by atoms with Gasteiger partial charge in [0.05, 0.1) is 0 Å². The molecule has 0 unspecified atom stereocenters. The fourth-order valence-corrected chi connectivity index (χ4v) is 1.49. The average molecular weight is 357 g/mol. The summed E-state index contributed by atoms with van der Waals surface area (Å²) >= 11 is 0. The molecule has 0 aliphatic heterocycles. The SMILES string of the molecule is N#CO.N#CO.N#CO.Oc1ccc(/C=C/c2cc(O)cc(O)c2)cc1. The zero-order valence-corrected chi connectivity index (χ0v) is 13.2. The van der Waals surface area contributed by atoms with E-state index >= 15 is 0 Å². The second-order valence-corrected chi connectivity index (χ2v) is 4.01. The summed E-state index contributed by atoms with van der Waals surface area (Å²) in [4.78, 5) is 0. The summed E-state index contributed by atoms with van der Waals surface area (Å²) in [5.41, 5.74) is 1.63. The molecule has 0 atom stereocenters. The van der Waals surface area contributed by atoms with Crippen LogP contribution in [0.4, 0.5) is 0 Å². The lowest BCUT2D eigenvalue weighted by molar-refractivity contribution is 0.450. The molecule has 0 saturated heterocycles. The number of hydrogen-bond donors (Lipinski definition) is 6. The predicted molar refractivity (Wildman–Crippen MR) is 89.5 cm³/mol. The van der Waals surface area contributed by atoms with Crippen LogP contribution in [-0.4, -0.2) is 30.6 Å². The first-order valence-electron chi connectivity index (χ1n) is 6.48. The van der Waals surface area contributed by atoms with Crippen LogP contribution in [0.25, 0.3) is 12.2 Å². The molecule has 2 aromatic rings. The van der Waals surface area contributed by atoms with Gasteiger partial charge >= 0.3 is 0 Å². The van der Waals surface area contributed by atoms with Crippen molar-refractivity contribution in [2.75, 3.05) is 0 Å². The lowest BCUT2D eigenvalue weighted by atomic mass is 10.1. The van der Waals surface area contributed by atoms with Gasteiger partial charge in [0.15, 0.2) is 0 Å². The Hall–Kier alpha value is -4.55. The molecule has 2 rings (SSSR count). The number of hydrogen-bond acceptors (Lipinski definition) is 9. The summed E-state index contributed by atoms with van der Waals surface area (Å²) < 4.78 is 0. The quantitative estimate of drug-likeness (QED) is 0.346. The van der Waals surface area contributed by atoms with Gasteiger partial charge in [-0.25, -0.2) is 0 Å². The Labute approximate surface area is 149 Å². The van der Waals surface area contributed by atoms with E-state index in [1.165, 1.54) is 6.07 Å². The van der Waals surface area contributed by atoms with E-state index in [2.05, 4.69) is 0 Å². The van der Waals surface area contributed by atoms with Crippen molar-refractivity contribution in [2.45, 2.75) is 0 Å². The topological polar surface area (TPSA) is 193 Å². The largest absolute Gasteiger partial charge is 0.508 e. The van der Waals surface area contributed by atoms with E-state index in [0.717, 1.165) is 24.3 Å². The van der Waals surface area contributed by atoms with Crippen LogP contribution in [0.1, 0.15) is 11.1 Å². The van der Waals surface area contributed by atoms with E-state index in [4.69, 9.17) is 36.2 Å². The highest BCUT2D eigenvalue weighted by atomic mass is 16.3. The maximum atomic E-state index is 9.30. The van der Waals surface area contributed by atoms with E-state index in [1.807, 2.05) is 6.08 Å². The molecule has 0 aromatic heterocycles. The number of aliphatic hydroxyl groups excluding tert-OH is 3. The molecule has 0 fully saturated rings. The molecule has 0 bridgehead atoms. The van der Waals surface area contributed by atoms with E-state index in [0.29, 0.717) is 5.56 Å². The molecule has 0 amide bonds. The molecule has 134 valence electrons. The van der Waals surface area contributed by atoms with Gasteiger partial charge in [-0.1, -0.05) is 24.3 Å². The van der Waals surface area contributed by atoms with Crippen molar-refractivity contribution in [3.63, 3.8) is 0 Å². The van der Waals surface area contributed by atoms with E-state index in [9.17, 15) is 10.2 Å². The number of aromatic hydroxyl groups is 3. The highest BCUT2D eigenvalue weighted by Crippen LogP contribution is 2.22. The number of rotatable bonds is 2. The minimum absolute atomic E-state index is 0.0235. The molecule has 9 heteroatoms. The standard InChI is InChI=1S/C14H12O3.3CHNO/c15-12-5-3-10(4-6-12)1-2-11-7-13(16)9-14(17)8-11;3*2-1-3/h1-9,15-17H;3*3H/b2-1+;;;. The molecular formula is C17H15N3O6. The number of phenolic OH excluding ortho intramolecular Hbond substituents is 3. The first kappa shape index (κ1) is 23.7. The zero-order chi connectivity index (χ0) is 20.4. The van der Waals surface area contributed by atoms with Crippen molar-refractivity contribution in [3.05, 3.63) is 53.6 Å². The maximum absolute atomic E-state index is 9.30. The smallest absolute Gasteiger partial charge is 0.283 e. The molecule has 6 N–H and O–H groups in total. The molecule has 0 aliphatic carbocycles. The Balaban J connectivity index is 0. The van der Waals surface area contributed by atoms with E-state index in [-0.39, 0.29) is 17.2 Å².